The fourth-order valence-electron chi connectivity index (χ4n) is 1.64. The molecule has 3 heteroatoms. The lowest BCUT2D eigenvalue weighted by molar-refractivity contribution is 0.295. The number of aryl methyl sites for hydroxylation is 1. The summed E-state index contributed by atoms with van der Waals surface area (Å²) in [5, 5.41) is 8.82. The van der Waals surface area contributed by atoms with Gasteiger partial charge >= 0.3 is 0 Å². The van der Waals surface area contributed by atoms with Crippen molar-refractivity contribution in [2.24, 2.45) is 7.05 Å². The van der Waals surface area contributed by atoms with Crippen molar-refractivity contribution in [2.45, 2.75) is 33.1 Å². The molecule has 0 aliphatic heterocycles. The molecule has 0 fully saturated rings. The van der Waals surface area contributed by atoms with Crippen molar-refractivity contribution in [2.75, 3.05) is 6.61 Å². The van der Waals surface area contributed by atoms with Gasteiger partial charge in [0.05, 0.1) is 12.3 Å². The van der Waals surface area contributed by atoms with Crippen LogP contribution in [0.2, 0.25) is 0 Å². The summed E-state index contributed by atoms with van der Waals surface area (Å²) in [4.78, 5) is 4.42. The predicted molar refractivity (Wildman–Crippen MR) is 52.7 cm³/mol. The fraction of sp³-hybridized carbons (Fsp3) is 0.700. The standard InChI is InChI=1S/C10H18N2O/c1-4-5-9-8(2)11-10(6-7-13)12(9)3/h13H,4-7H2,1-3H3. The van der Waals surface area contributed by atoms with Crippen LogP contribution >= 0.6 is 0 Å². The van der Waals surface area contributed by atoms with Crippen molar-refractivity contribution in [3.8, 4) is 0 Å². The quantitative estimate of drug-likeness (QED) is 0.760. The third-order valence-electron chi connectivity index (χ3n) is 2.33. The molecular weight excluding hydrogens is 164 g/mol. The summed E-state index contributed by atoms with van der Waals surface area (Å²) >= 11 is 0. The molecule has 0 saturated carbocycles. The highest BCUT2D eigenvalue weighted by molar-refractivity contribution is 5.15. The van der Waals surface area contributed by atoms with Crippen LogP contribution in [0.3, 0.4) is 0 Å². The average molecular weight is 182 g/mol. The second kappa shape index (κ2) is 4.42. The van der Waals surface area contributed by atoms with Crippen molar-refractivity contribution in [1.29, 1.82) is 0 Å². The molecule has 1 heterocycles. The molecule has 13 heavy (non-hydrogen) atoms. The number of nitrogens with zero attached hydrogens (tertiary/aromatic N) is 2. The largest absolute Gasteiger partial charge is 0.396 e. The van der Waals surface area contributed by atoms with Gasteiger partial charge in [-0.25, -0.2) is 4.98 Å². The lowest BCUT2D eigenvalue weighted by atomic mass is 10.2. The van der Waals surface area contributed by atoms with Gasteiger partial charge in [-0.05, 0) is 13.3 Å². The van der Waals surface area contributed by atoms with Gasteiger partial charge in [-0.1, -0.05) is 13.3 Å². The number of aromatic nitrogens is 2. The average Bonchev–Trinajstić information content (AvgIpc) is 2.34. The van der Waals surface area contributed by atoms with Gasteiger partial charge in [-0.2, -0.15) is 0 Å². The van der Waals surface area contributed by atoms with E-state index in [1.54, 1.807) is 0 Å². The Morgan fingerprint density at radius 3 is 2.62 bits per heavy atom. The third-order valence-corrected chi connectivity index (χ3v) is 2.33. The third kappa shape index (κ3) is 2.10. The Labute approximate surface area is 79.4 Å². The van der Waals surface area contributed by atoms with Crippen LogP contribution in [0.4, 0.5) is 0 Å². The van der Waals surface area contributed by atoms with E-state index in [2.05, 4.69) is 16.5 Å². The summed E-state index contributed by atoms with van der Waals surface area (Å²) in [5.41, 5.74) is 2.40. The van der Waals surface area contributed by atoms with E-state index in [4.69, 9.17) is 5.11 Å². The van der Waals surface area contributed by atoms with Crippen molar-refractivity contribution < 1.29 is 5.11 Å². The van der Waals surface area contributed by atoms with E-state index in [-0.39, 0.29) is 6.61 Å². The summed E-state index contributed by atoms with van der Waals surface area (Å²) in [6.45, 7) is 4.37. The maximum absolute atomic E-state index is 8.82. The molecule has 74 valence electrons. The summed E-state index contributed by atoms with van der Waals surface area (Å²) in [5.74, 6) is 0.989. The SMILES string of the molecule is CCCc1c(C)nc(CCO)n1C. The Balaban J connectivity index is 2.92. The molecule has 1 N–H and O–H groups in total. The summed E-state index contributed by atoms with van der Waals surface area (Å²) in [6.07, 6.45) is 2.86. The minimum absolute atomic E-state index is 0.176. The van der Waals surface area contributed by atoms with Gasteiger partial charge in [0.15, 0.2) is 0 Å². The van der Waals surface area contributed by atoms with E-state index < -0.39 is 0 Å². The van der Waals surface area contributed by atoms with Gasteiger partial charge in [0.1, 0.15) is 5.82 Å². The zero-order valence-corrected chi connectivity index (χ0v) is 8.67. The molecule has 0 spiro atoms. The number of rotatable bonds is 4. The fourth-order valence-corrected chi connectivity index (χ4v) is 1.64. The predicted octanol–water partition coefficient (Wildman–Crippen LogP) is 1.22. The summed E-state index contributed by atoms with van der Waals surface area (Å²) < 4.78 is 2.11. The monoisotopic (exact) mass is 182 g/mol. The van der Waals surface area contributed by atoms with Crippen LogP contribution in [0.15, 0.2) is 0 Å². The number of aliphatic hydroxyl groups is 1. The molecule has 0 radical (unpaired) electrons. The molecule has 1 rings (SSSR count). The Morgan fingerprint density at radius 2 is 2.08 bits per heavy atom. The molecule has 0 bridgehead atoms. The lowest BCUT2D eigenvalue weighted by Crippen LogP contribution is -2.04. The van der Waals surface area contributed by atoms with Gasteiger partial charge in [0, 0.05) is 19.2 Å². The first kappa shape index (κ1) is 10.3. The Bertz CT molecular complexity index is 279. The molecular formula is C10H18N2O. The van der Waals surface area contributed by atoms with Crippen LogP contribution in [0, 0.1) is 6.92 Å². The molecule has 0 unspecified atom stereocenters. The van der Waals surface area contributed by atoms with E-state index in [0.29, 0.717) is 6.42 Å². The molecule has 0 saturated heterocycles. The minimum atomic E-state index is 0.176. The minimum Gasteiger partial charge on any atom is -0.396 e. The maximum atomic E-state index is 8.82. The van der Waals surface area contributed by atoms with Crippen molar-refractivity contribution in [1.82, 2.24) is 9.55 Å². The first-order valence-corrected chi connectivity index (χ1v) is 4.82. The first-order chi connectivity index (χ1) is 6.20. The molecule has 0 aliphatic rings. The normalized spacial score (nSPS) is 10.8. The highest BCUT2D eigenvalue weighted by atomic mass is 16.3. The van der Waals surface area contributed by atoms with E-state index in [1.165, 1.54) is 5.69 Å². The molecule has 0 atom stereocenters. The summed E-state index contributed by atoms with van der Waals surface area (Å²) in [6, 6.07) is 0. The topological polar surface area (TPSA) is 38.1 Å². The van der Waals surface area contributed by atoms with Crippen LogP contribution in [0.1, 0.15) is 30.6 Å². The zero-order chi connectivity index (χ0) is 9.84. The molecule has 0 aromatic carbocycles. The maximum Gasteiger partial charge on any atom is 0.111 e. The molecule has 0 aliphatic carbocycles. The highest BCUT2D eigenvalue weighted by Gasteiger charge is 2.09. The number of hydrogen-bond donors (Lipinski definition) is 1. The highest BCUT2D eigenvalue weighted by Crippen LogP contribution is 2.11. The van der Waals surface area contributed by atoms with Crippen LogP contribution in [0.5, 0.6) is 0 Å². The first-order valence-electron chi connectivity index (χ1n) is 4.82. The van der Waals surface area contributed by atoms with Crippen molar-refractivity contribution in [3.63, 3.8) is 0 Å². The second-order valence-electron chi connectivity index (χ2n) is 3.34. The van der Waals surface area contributed by atoms with Crippen molar-refractivity contribution >= 4 is 0 Å². The zero-order valence-electron chi connectivity index (χ0n) is 8.67. The molecule has 1 aromatic heterocycles. The number of aliphatic hydroxyl groups excluding tert-OH is 1. The second-order valence-corrected chi connectivity index (χ2v) is 3.34. The van der Waals surface area contributed by atoms with Crippen LogP contribution in [0.25, 0.3) is 0 Å². The van der Waals surface area contributed by atoms with Gasteiger partial charge < -0.3 is 9.67 Å². The Morgan fingerprint density at radius 1 is 1.38 bits per heavy atom. The van der Waals surface area contributed by atoms with Crippen LogP contribution < -0.4 is 0 Å². The van der Waals surface area contributed by atoms with Gasteiger partial charge in [0.2, 0.25) is 0 Å². The van der Waals surface area contributed by atoms with Gasteiger partial charge in [-0.3, -0.25) is 0 Å². The lowest BCUT2D eigenvalue weighted by Gasteiger charge is -2.03. The van der Waals surface area contributed by atoms with Gasteiger partial charge in [-0.15, -0.1) is 0 Å². The van der Waals surface area contributed by atoms with Crippen LogP contribution in [-0.2, 0) is 19.9 Å². The Kier molecular flexibility index (Phi) is 3.48. The van der Waals surface area contributed by atoms with E-state index >= 15 is 0 Å². The van der Waals surface area contributed by atoms with Gasteiger partial charge in [0.25, 0.3) is 0 Å². The number of imidazole rings is 1. The molecule has 1 aromatic rings. The van der Waals surface area contributed by atoms with Crippen LogP contribution in [-0.4, -0.2) is 21.3 Å². The van der Waals surface area contributed by atoms with Crippen molar-refractivity contribution in [3.05, 3.63) is 17.2 Å². The number of hydrogen-bond acceptors (Lipinski definition) is 2. The molecule has 0 amide bonds. The van der Waals surface area contributed by atoms with E-state index in [9.17, 15) is 0 Å². The summed E-state index contributed by atoms with van der Waals surface area (Å²) in [7, 11) is 2.02. The van der Waals surface area contributed by atoms with E-state index in [1.807, 2.05) is 14.0 Å². The smallest absolute Gasteiger partial charge is 0.111 e. The molecule has 3 nitrogen and oxygen atoms in total. The van der Waals surface area contributed by atoms with E-state index in [0.717, 1.165) is 24.4 Å². The Hall–Kier alpha value is -0.830.